The number of likely N-dealkylation sites (tertiary alicyclic amines) is 1. The number of carbonyl (C=O) groups is 1. The number of fused-ring (bicyclic) bond motifs is 2. The Hall–Kier alpha value is -0.670. The fourth-order valence-electron chi connectivity index (χ4n) is 3.52. The zero-order valence-electron chi connectivity index (χ0n) is 9.29. The molecule has 2 saturated carbocycles. The minimum atomic E-state index is -2.49. The van der Waals surface area contributed by atoms with Crippen LogP contribution in [0.25, 0.3) is 0 Å². The summed E-state index contributed by atoms with van der Waals surface area (Å²) < 4.78 is 25.3. The van der Waals surface area contributed by atoms with Gasteiger partial charge in [-0.25, -0.2) is 8.78 Å². The Labute approximate surface area is 94.0 Å². The summed E-state index contributed by atoms with van der Waals surface area (Å²) >= 11 is 0. The Morgan fingerprint density at radius 2 is 2.06 bits per heavy atom. The van der Waals surface area contributed by atoms with Gasteiger partial charge in [0.05, 0.1) is 0 Å². The Kier molecular flexibility index (Phi) is 2.23. The van der Waals surface area contributed by atoms with Gasteiger partial charge in [0.15, 0.2) is 0 Å². The number of halogens is 2. The average Bonchev–Trinajstić information content (AvgIpc) is 2.75. The van der Waals surface area contributed by atoms with E-state index >= 15 is 0 Å². The van der Waals surface area contributed by atoms with Gasteiger partial charge in [0, 0.05) is 31.8 Å². The second-order valence-electron chi connectivity index (χ2n) is 5.71. The van der Waals surface area contributed by atoms with Crippen molar-refractivity contribution in [1.82, 2.24) is 4.90 Å². The van der Waals surface area contributed by atoms with Crippen LogP contribution in [0.5, 0.6) is 0 Å². The van der Waals surface area contributed by atoms with Crippen molar-refractivity contribution in [1.29, 1.82) is 0 Å². The summed E-state index contributed by atoms with van der Waals surface area (Å²) in [4.78, 5) is 13.9. The van der Waals surface area contributed by atoms with Gasteiger partial charge in [-0.05, 0) is 31.1 Å². The van der Waals surface area contributed by atoms with Crippen LogP contribution < -0.4 is 0 Å². The fourth-order valence-corrected chi connectivity index (χ4v) is 3.52. The lowest BCUT2D eigenvalue weighted by Crippen LogP contribution is -2.42. The quantitative estimate of drug-likeness (QED) is 0.712. The molecule has 90 valence electrons. The number of carbonyl (C=O) groups excluding carboxylic acids is 1. The molecule has 1 amide bonds. The SMILES string of the molecule is O=C(CC1CC(F)(F)C1)N1C[C@H]2CC[C@H]1C2. The zero-order valence-corrected chi connectivity index (χ0v) is 9.29. The van der Waals surface area contributed by atoms with E-state index in [0.29, 0.717) is 18.4 Å². The Bertz CT molecular complexity index is 310. The summed E-state index contributed by atoms with van der Waals surface area (Å²) in [5.41, 5.74) is 0. The summed E-state index contributed by atoms with van der Waals surface area (Å²) in [5.74, 6) is -1.75. The molecule has 2 atom stereocenters. The van der Waals surface area contributed by atoms with Crippen molar-refractivity contribution in [2.75, 3.05) is 6.54 Å². The third-order valence-electron chi connectivity index (χ3n) is 4.37. The molecule has 0 radical (unpaired) electrons. The van der Waals surface area contributed by atoms with Crippen molar-refractivity contribution < 1.29 is 13.6 Å². The molecule has 2 nitrogen and oxygen atoms in total. The van der Waals surface area contributed by atoms with Gasteiger partial charge in [-0.2, -0.15) is 0 Å². The number of amides is 1. The highest BCUT2D eigenvalue weighted by molar-refractivity contribution is 5.77. The maximum Gasteiger partial charge on any atom is 0.248 e. The monoisotopic (exact) mass is 229 g/mol. The molecule has 0 aromatic carbocycles. The number of nitrogens with zero attached hydrogens (tertiary/aromatic N) is 1. The molecule has 3 aliphatic rings. The summed E-state index contributed by atoms with van der Waals surface area (Å²) in [6.45, 7) is 0.882. The van der Waals surface area contributed by atoms with Crippen LogP contribution in [0.3, 0.4) is 0 Å². The van der Waals surface area contributed by atoms with Gasteiger partial charge in [-0.3, -0.25) is 4.79 Å². The van der Waals surface area contributed by atoms with Crippen LogP contribution in [0.15, 0.2) is 0 Å². The lowest BCUT2D eigenvalue weighted by atomic mass is 9.79. The van der Waals surface area contributed by atoms with Gasteiger partial charge in [-0.1, -0.05) is 0 Å². The summed E-state index contributed by atoms with van der Waals surface area (Å²) in [7, 11) is 0. The molecule has 2 aliphatic carbocycles. The smallest absolute Gasteiger partial charge is 0.248 e. The van der Waals surface area contributed by atoms with Crippen LogP contribution in [0.2, 0.25) is 0 Å². The molecule has 0 aromatic heterocycles. The molecule has 2 bridgehead atoms. The van der Waals surface area contributed by atoms with E-state index in [1.54, 1.807) is 0 Å². The van der Waals surface area contributed by atoms with E-state index in [1.807, 2.05) is 4.90 Å². The van der Waals surface area contributed by atoms with E-state index in [-0.39, 0.29) is 24.7 Å². The topological polar surface area (TPSA) is 20.3 Å². The van der Waals surface area contributed by atoms with Crippen molar-refractivity contribution >= 4 is 5.91 Å². The minimum absolute atomic E-state index is 0.0679. The van der Waals surface area contributed by atoms with Crippen LogP contribution in [-0.4, -0.2) is 29.3 Å². The second kappa shape index (κ2) is 3.41. The highest BCUT2D eigenvalue weighted by atomic mass is 19.3. The largest absolute Gasteiger partial charge is 0.339 e. The minimum Gasteiger partial charge on any atom is -0.339 e. The molecular formula is C12H17F2NO. The van der Waals surface area contributed by atoms with E-state index in [4.69, 9.17) is 0 Å². The van der Waals surface area contributed by atoms with Crippen molar-refractivity contribution in [3.63, 3.8) is 0 Å². The van der Waals surface area contributed by atoms with E-state index in [1.165, 1.54) is 6.42 Å². The van der Waals surface area contributed by atoms with Gasteiger partial charge < -0.3 is 4.90 Å². The summed E-state index contributed by atoms with van der Waals surface area (Å²) in [6, 6.07) is 0.429. The van der Waals surface area contributed by atoms with Crippen LogP contribution in [0.1, 0.15) is 38.5 Å². The van der Waals surface area contributed by atoms with Gasteiger partial charge in [0.1, 0.15) is 0 Å². The van der Waals surface area contributed by atoms with Gasteiger partial charge in [0.2, 0.25) is 11.8 Å². The van der Waals surface area contributed by atoms with E-state index < -0.39 is 5.92 Å². The van der Waals surface area contributed by atoms with Gasteiger partial charge >= 0.3 is 0 Å². The second-order valence-corrected chi connectivity index (χ2v) is 5.71. The summed E-state index contributed by atoms with van der Waals surface area (Å²) in [6.07, 6.45) is 3.69. The number of hydrogen-bond acceptors (Lipinski definition) is 1. The van der Waals surface area contributed by atoms with Crippen molar-refractivity contribution in [3.8, 4) is 0 Å². The number of alkyl halides is 2. The number of rotatable bonds is 2. The fraction of sp³-hybridized carbons (Fsp3) is 0.917. The Balaban J connectivity index is 1.51. The number of hydrogen-bond donors (Lipinski definition) is 0. The third kappa shape index (κ3) is 1.72. The van der Waals surface area contributed by atoms with Crippen LogP contribution in [0, 0.1) is 11.8 Å². The predicted octanol–water partition coefficient (Wildman–Crippen LogP) is 2.43. The Morgan fingerprint density at radius 1 is 1.31 bits per heavy atom. The van der Waals surface area contributed by atoms with E-state index in [0.717, 1.165) is 19.4 Å². The highest BCUT2D eigenvalue weighted by Crippen LogP contribution is 2.45. The molecule has 1 aliphatic heterocycles. The molecule has 3 rings (SSSR count). The normalized spacial score (nSPS) is 36.5. The third-order valence-corrected chi connectivity index (χ3v) is 4.37. The molecule has 0 aromatic rings. The van der Waals surface area contributed by atoms with Crippen molar-refractivity contribution in [2.45, 2.75) is 50.5 Å². The van der Waals surface area contributed by atoms with Crippen molar-refractivity contribution in [2.24, 2.45) is 11.8 Å². The first-order valence-corrected chi connectivity index (χ1v) is 6.21. The van der Waals surface area contributed by atoms with Crippen molar-refractivity contribution in [3.05, 3.63) is 0 Å². The van der Waals surface area contributed by atoms with Crippen LogP contribution in [0.4, 0.5) is 8.78 Å². The highest BCUT2D eigenvalue weighted by Gasteiger charge is 2.47. The van der Waals surface area contributed by atoms with Gasteiger partial charge in [-0.15, -0.1) is 0 Å². The predicted molar refractivity (Wildman–Crippen MR) is 55.1 cm³/mol. The van der Waals surface area contributed by atoms with Crippen LogP contribution in [-0.2, 0) is 4.79 Å². The average molecular weight is 229 g/mol. The van der Waals surface area contributed by atoms with E-state index in [9.17, 15) is 13.6 Å². The van der Waals surface area contributed by atoms with Gasteiger partial charge in [0.25, 0.3) is 0 Å². The summed E-state index contributed by atoms with van der Waals surface area (Å²) in [5, 5.41) is 0. The standard InChI is InChI=1S/C12H17F2NO/c13-12(14)5-9(6-12)4-11(16)15-7-8-1-2-10(15)3-8/h8-10H,1-7H2/t8-,10-/m0/s1. The lowest BCUT2D eigenvalue weighted by Gasteiger charge is -2.36. The first kappa shape index (κ1) is 10.5. The molecule has 0 unspecified atom stereocenters. The molecular weight excluding hydrogens is 212 g/mol. The molecule has 0 N–H and O–H groups in total. The number of piperidine rings is 1. The molecule has 0 spiro atoms. The maximum atomic E-state index is 12.6. The molecule has 4 heteroatoms. The molecule has 16 heavy (non-hydrogen) atoms. The van der Waals surface area contributed by atoms with Crippen LogP contribution >= 0.6 is 0 Å². The first-order valence-electron chi connectivity index (χ1n) is 6.21. The lowest BCUT2D eigenvalue weighted by molar-refractivity contribution is -0.143. The first-order chi connectivity index (χ1) is 7.53. The molecule has 1 heterocycles. The van der Waals surface area contributed by atoms with E-state index in [2.05, 4.69) is 0 Å². The zero-order chi connectivity index (χ0) is 11.3. The molecule has 1 saturated heterocycles. The maximum absolute atomic E-state index is 12.6. The Morgan fingerprint density at radius 3 is 2.56 bits per heavy atom. The molecule has 3 fully saturated rings.